The lowest BCUT2D eigenvalue weighted by atomic mass is 10.1. The minimum atomic E-state index is -0.439. The van der Waals surface area contributed by atoms with Gasteiger partial charge in [-0.25, -0.2) is 14.8 Å². The number of esters is 1. The van der Waals surface area contributed by atoms with Crippen LogP contribution in [0.1, 0.15) is 27.3 Å². The summed E-state index contributed by atoms with van der Waals surface area (Å²) in [5.41, 5.74) is 4.79. The van der Waals surface area contributed by atoms with E-state index in [0.29, 0.717) is 17.9 Å². The van der Waals surface area contributed by atoms with Crippen LogP contribution in [-0.2, 0) is 11.3 Å². The zero-order valence-corrected chi connectivity index (χ0v) is 14.3. The van der Waals surface area contributed by atoms with Crippen molar-refractivity contribution in [3.05, 3.63) is 83.4 Å². The average molecular weight is 343 g/mol. The van der Waals surface area contributed by atoms with Crippen LogP contribution < -0.4 is 4.90 Å². The molecule has 0 fully saturated rings. The summed E-state index contributed by atoms with van der Waals surface area (Å²) in [7, 11) is 1.34. The Morgan fingerprint density at radius 2 is 1.46 bits per heavy atom. The third-order valence-corrected chi connectivity index (χ3v) is 4.32. The summed E-state index contributed by atoms with van der Waals surface area (Å²) in [6.07, 6.45) is 7.24. The minimum absolute atomic E-state index is 0.342. The first-order valence-corrected chi connectivity index (χ1v) is 8.29. The summed E-state index contributed by atoms with van der Waals surface area (Å²) in [5.74, 6) is 0.190. The molecule has 2 heterocycles. The van der Waals surface area contributed by atoms with Gasteiger partial charge < -0.3 is 9.64 Å². The van der Waals surface area contributed by atoms with Gasteiger partial charge in [0.25, 0.3) is 0 Å². The molecule has 4 rings (SSSR count). The zero-order chi connectivity index (χ0) is 17.9. The zero-order valence-electron chi connectivity index (χ0n) is 14.3. The van der Waals surface area contributed by atoms with E-state index < -0.39 is 5.97 Å². The molecule has 5 nitrogen and oxygen atoms in total. The van der Waals surface area contributed by atoms with Crippen LogP contribution in [0.25, 0.3) is 12.2 Å². The molecule has 0 radical (unpaired) electrons. The first-order chi connectivity index (χ1) is 12.8. The van der Waals surface area contributed by atoms with Gasteiger partial charge in [-0.1, -0.05) is 48.6 Å². The van der Waals surface area contributed by atoms with E-state index in [-0.39, 0.29) is 0 Å². The maximum Gasteiger partial charge on any atom is 0.341 e. The second-order valence-electron chi connectivity index (χ2n) is 5.92. The minimum Gasteiger partial charge on any atom is -0.465 e. The maximum atomic E-state index is 11.6. The molecule has 0 saturated carbocycles. The molecule has 3 aromatic rings. The van der Waals surface area contributed by atoms with Gasteiger partial charge in [-0.2, -0.15) is 0 Å². The van der Waals surface area contributed by atoms with Crippen LogP contribution in [0, 0.1) is 0 Å². The van der Waals surface area contributed by atoms with Crippen molar-refractivity contribution in [3.8, 4) is 0 Å². The van der Waals surface area contributed by atoms with Gasteiger partial charge in [0, 0.05) is 23.8 Å². The molecule has 2 aromatic carbocycles. The van der Waals surface area contributed by atoms with Gasteiger partial charge in [0.2, 0.25) is 0 Å². The van der Waals surface area contributed by atoms with Crippen molar-refractivity contribution in [2.75, 3.05) is 12.0 Å². The monoisotopic (exact) mass is 343 g/mol. The molecule has 1 aliphatic rings. The number of carbonyl (C=O) groups is 1. The molecule has 0 saturated heterocycles. The molecule has 128 valence electrons. The number of aromatic nitrogens is 2. The van der Waals surface area contributed by atoms with E-state index >= 15 is 0 Å². The van der Waals surface area contributed by atoms with E-state index in [4.69, 9.17) is 4.74 Å². The summed E-state index contributed by atoms with van der Waals surface area (Å²) < 4.78 is 4.70. The third-order valence-electron chi connectivity index (χ3n) is 4.32. The number of para-hydroxylation sites is 2. The maximum absolute atomic E-state index is 11.6. The molecule has 0 amide bonds. The lowest BCUT2D eigenvalue weighted by Gasteiger charge is -2.26. The molecule has 26 heavy (non-hydrogen) atoms. The molecule has 0 unspecified atom stereocenters. The number of carbonyl (C=O) groups excluding carboxylic acids is 1. The smallest absolute Gasteiger partial charge is 0.341 e. The quantitative estimate of drug-likeness (QED) is 0.671. The van der Waals surface area contributed by atoms with E-state index in [1.807, 2.05) is 24.3 Å². The molecule has 0 aliphatic carbocycles. The topological polar surface area (TPSA) is 55.3 Å². The van der Waals surface area contributed by atoms with E-state index in [9.17, 15) is 4.79 Å². The Morgan fingerprint density at radius 3 is 2.00 bits per heavy atom. The first kappa shape index (κ1) is 16.0. The fourth-order valence-corrected chi connectivity index (χ4v) is 3.03. The number of nitrogens with zero attached hydrogens (tertiary/aromatic N) is 3. The lowest BCUT2D eigenvalue weighted by Crippen LogP contribution is -2.19. The number of rotatable bonds is 3. The SMILES string of the molecule is COC(=O)c1cnc(CN2c3ccccc3C=Cc3ccccc32)nc1. The molecular formula is C21H17N3O2. The van der Waals surface area contributed by atoms with Crippen molar-refractivity contribution in [1.82, 2.24) is 9.97 Å². The fraction of sp³-hybridized carbons (Fsp3) is 0.0952. The highest BCUT2D eigenvalue weighted by atomic mass is 16.5. The Balaban J connectivity index is 1.74. The van der Waals surface area contributed by atoms with Gasteiger partial charge in [0.15, 0.2) is 0 Å². The van der Waals surface area contributed by atoms with Crippen LogP contribution in [-0.4, -0.2) is 23.0 Å². The van der Waals surface area contributed by atoms with Crippen molar-refractivity contribution >= 4 is 29.5 Å². The summed E-state index contributed by atoms with van der Waals surface area (Å²) in [4.78, 5) is 22.4. The third kappa shape index (κ3) is 2.95. The van der Waals surface area contributed by atoms with E-state index in [1.54, 1.807) is 0 Å². The standard InChI is InChI=1S/C21H17N3O2/c1-26-21(25)17-12-22-20(23-13-17)14-24-18-8-4-2-6-15(18)10-11-16-7-3-5-9-19(16)24/h2-13H,14H2,1H3. The van der Waals surface area contributed by atoms with Crippen LogP contribution >= 0.6 is 0 Å². The summed E-state index contributed by atoms with van der Waals surface area (Å²) in [5, 5.41) is 0. The first-order valence-electron chi connectivity index (χ1n) is 8.29. The van der Waals surface area contributed by atoms with Gasteiger partial charge in [0.05, 0.1) is 19.2 Å². The van der Waals surface area contributed by atoms with Gasteiger partial charge >= 0.3 is 5.97 Å². The van der Waals surface area contributed by atoms with Crippen LogP contribution in [0.2, 0.25) is 0 Å². The Bertz CT molecular complexity index is 931. The van der Waals surface area contributed by atoms with Crippen LogP contribution in [0.15, 0.2) is 60.9 Å². The number of anilines is 2. The van der Waals surface area contributed by atoms with Crippen molar-refractivity contribution in [2.45, 2.75) is 6.54 Å². The van der Waals surface area contributed by atoms with Crippen molar-refractivity contribution < 1.29 is 9.53 Å². The lowest BCUT2D eigenvalue weighted by molar-refractivity contribution is 0.0599. The van der Waals surface area contributed by atoms with E-state index in [2.05, 4.69) is 51.3 Å². The molecule has 0 spiro atoms. The Morgan fingerprint density at radius 1 is 0.923 bits per heavy atom. The van der Waals surface area contributed by atoms with E-state index in [0.717, 1.165) is 22.5 Å². The predicted octanol–water partition coefficient (Wildman–Crippen LogP) is 4.09. The second-order valence-corrected chi connectivity index (χ2v) is 5.92. The number of hydrogen-bond acceptors (Lipinski definition) is 5. The predicted molar refractivity (Wildman–Crippen MR) is 101 cm³/mol. The average Bonchev–Trinajstić information content (AvgIpc) is 2.86. The Labute approximate surface area is 151 Å². The molecule has 5 heteroatoms. The second kappa shape index (κ2) is 6.80. The molecule has 1 aliphatic heterocycles. The number of methoxy groups -OCH3 is 1. The molecule has 0 N–H and O–H groups in total. The number of benzene rings is 2. The molecular weight excluding hydrogens is 326 g/mol. The highest BCUT2D eigenvalue weighted by Crippen LogP contribution is 2.36. The number of fused-ring (bicyclic) bond motifs is 2. The summed E-state index contributed by atoms with van der Waals surface area (Å²) in [6, 6.07) is 16.5. The van der Waals surface area contributed by atoms with Gasteiger partial charge in [-0.15, -0.1) is 0 Å². The van der Waals surface area contributed by atoms with Crippen molar-refractivity contribution in [1.29, 1.82) is 0 Å². The van der Waals surface area contributed by atoms with E-state index in [1.165, 1.54) is 19.5 Å². The highest BCUT2D eigenvalue weighted by Gasteiger charge is 2.19. The summed E-state index contributed by atoms with van der Waals surface area (Å²) >= 11 is 0. The summed E-state index contributed by atoms with van der Waals surface area (Å²) in [6.45, 7) is 0.497. The largest absolute Gasteiger partial charge is 0.465 e. The van der Waals surface area contributed by atoms with Crippen LogP contribution in [0.4, 0.5) is 11.4 Å². The highest BCUT2D eigenvalue weighted by molar-refractivity contribution is 5.89. The van der Waals surface area contributed by atoms with Gasteiger partial charge in [-0.3, -0.25) is 0 Å². The van der Waals surface area contributed by atoms with Crippen molar-refractivity contribution in [2.24, 2.45) is 0 Å². The van der Waals surface area contributed by atoms with Crippen LogP contribution in [0.3, 0.4) is 0 Å². The normalized spacial score (nSPS) is 12.1. The molecule has 0 atom stereocenters. The van der Waals surface area contributed by atoms with Gasteiger partial charge in [0.1, 0.15) is 5.82 Å². The Kier molecular flexibility index (Phi) is 4.19. The molecule has 1 aromatic heterocycles. The number of hydrogen-bond donors (Lipinski definition) is 0. The molecule has 0 bridgehead atoms. The fourth-order valence-electron chi connectivity index (χ4n) is 3.03. The van der Waals surface area contributed by atoms with Gasteiger partial charge in [-0.05, 0) is 23.3 Å². The van der Waals surface area contributed by atoms with Crippen LogP contribution in [0.5, 0.6) is 0 Å². The number of ether oxygens (including phenoxy) is 1. The Hall–Kier alpha value is -3.47. The van der Waals surface area contributed by atoms with Crippen molar-refractivity contribution in [3.63, 3.8) is 0 Å².